The van der Waals surface area contributed by atoms with Gasteiger partial charge in [0.1, 0.15) is 11.6 Å². The van der Waals surface area contributed by atoms with Gasteiger partial charge in [0.15, 0.2) is 0 Å². The van der Waals surface area contributed by atoms with Crippen LogP contribution in [0.25, 0.3) is 11.0 Å². The number of imidazole rings is 1. The number of hydrogen-bond acceptors (Lipinski definition) is 4. The molecule has 1 aliphatic heterocycles. The number of hydrogen-bond donors (Lipinski definition) is 1. The molecule has 0 bridgehead atoms. The van der Waals surface area contributed by atoms with Crippen molar-refractivity contribution in [3.05, 3.63) is 71.9 Å². The number of aromatic nitrogens is 5. The first-order chi connectivity index (χ1) is 13.7. The van der Waals surface area contributed by atoms with Gasteiger partial charge in [-0.3, -0.25) is 9.78 Å². The standard InChI is InChI=1S/C21H20N6O/c1-2-26-18-8-4-3-7-17(18)24-20(26)15-10-19(28)25-21-16(15)12-23-27(21)13-14-6-5-9-22-11-14/h3-9,11-12,15H,2,10,13H2,1H3,(H,25,28). The van der Waals surface area contributed by atoms with E-state index in [2.05, 4.69) is 33.0 Å². The third-order valence-corrected chi connectivity index (χ3v) is 5.26. The molecule has 0 saturated carbocycles. The van der Waals surface area contributed by atoms with Crippen LogP contribution in [0.3, 0.4) is 0 Å². The number of aryl methyl sites for hydroxylation is 1. The number of rotatable bonds is 4. The molecule has 5 rings (SSSR count). The zero-order valence-electron chi connectivity index (χ0n) is 15.5. The molecule has 7 nitrogen and oxygen atoms in total. The quantitative estimate of drug-likeness (QED) is 0.597. The minimum absolute atomic E-state index is 0.0138. The van der Waals surface area contributed by atoms with Gasteiger partial charge in [-0.15, -0.1) is 0 Å². The molecule has 1 unspecified atom stereocenters. The number of nitrogens with zero attached hydrogens (tertiary/aromatic N) is 5. The van der Waals surface area contributed by atoms with Crippen LogP contribution in [0, 0.1) is 0 Å². The fourth-order valence-electron chi connectivity index (χ4n) is 3.98. The maximum atomic E-state index is 12.5. The molecule has 0 fully saturated rings. The number of anilines is 1. The lowest BCUT2D eigenvalue weighted by molar-refractivity contribution is -0.116. The molecule has 1 amide bonds. The van der Waals surface area contributed by atoms with Gasteiger partial charge in [0, 0.05) is 30.9 Å². The second kappa shape index (κ2) is 6.60. The molecule has 7 heteroatoms. The second-order valence-corrected chi connectivity index (χ2v) is 6.98. The van der Waals surface area contributed by atoms with E-state index in [1.807, 2.05) is 47.4 Å². The molecule has 1 N–H and O–H groups in total. The van der Waals surface area contributed by atoms with Gasteiger partial charge >= 0.3 is 0 Å². The highest BCUT2D eigenvalue weighted by Crippen LogP contribution is 2.38. The highest BCUT2D eigenvalue weighted by atomic mass is 16.1. The van der Waals surface area contributed by atoms with Crippen molar-refractivity contribution in [2.24, 2.45) is 0 Å². The SMILES string of the molecule is CCn1c(C2CC(=O)Nc3c2cnn3Cc2cccnc2)nc2ccccc21. The van der Waals surface area contributed by atoms with Gasteiger partial charge in [0.2, 0.25) is 5.91 Å². The second-order valence-electron chi connectivity index (χ2n) is 6.98. The first kappa shape index (κ1) is 16.7. The summed E-state index contributed by atoms with van der Waals surface area (Å²) in [6, 6.07) is 12.0. The predicted molar refractivity (Wildman–Crippen MR) is 106 cm³/mol. The molecular formula is C21H20N6O. The molecule has 1 aromatic carbocycles. The molecule has 4 aromatic rings. The minimum Gasteiger partial charge on any atom is -0.328 e. The first-order valence-electron chi connectivity index (χ1n) is 9.44. The summed E-state index contributed by atoms with van der Waals surface area (Å²) in [5.41, 5.74) is 4.09. The summed E-state index contributed by atoms with van der Waals surface area (Å²) >= 11 is 0. The van der Waals surface area contributed by atoms with Crippen LogP contribution < -0.4 is 5.32 Å². The number of carbonyl (C=O) groups is 1. The number of fused-ring (bicyclic) bond motifs is 2. The Kier molecular flexibility index (Phi) is 3.93. The summed E-state index contributed by atoms with van der Waals surface area (Å²) in [5, 5.41) is 7.55. The normalized spacial score (nSPS) is 16.2. The molecule has 140 valence electrons. The van der Waals surface area contributed by atoms with Crippen molar-refractivity contribution in [2.75, 3.05) is 5.32 Å². The molecular weight excluding hydrogens is 352 g/mol. The summed E-state index contributed by atoms with van der Waals surface area (Å²) in [7, 11) is 0. The van der Waals surface area contributed by atoms with E-state index in [-0.39, 0.29) is 11.8 Å². The van der Waals surface area contributed by atoms with Gasteiger partial charge in [-0.2, -0.15) is 5.10 Å². The van der Waals surface area contributed by atoms with Crippen LogP contribution in [0.15, 0.2) is 55.0 Å². The number of amides is 1. The molecule has 0 aliphatic carbocycles. The number of nitrogens with one attached hydrogen (secondary N) is 1. The lowest BCUT2D eigenvalue weighted by Gasteiger charge is -2.23. The fourth-order valence-corrected chi connectivity index (χ4v) is 3.98. The highest BCUT2D eigenvalue weighted by Gasteiger charge is 2.33. The van der Waals surface area contributed by atoms with Crippen LogP contribution in [0.1, 0.15) is 36.2 Å². The first-order valence-corrected chi connectivity index (χ1v) is 9.44. The van der Waals surface area contributed by atoms with Crippen molar-refractivity contribution < 1.29 is 4.79 Å². The number of pyridine rings is 1. The molecule has 28 heavy (non-hydrogen) atoms. The Hall–Kier alpha value is -3.48. The summed E-state index contributed by atoms with van der Waals surface area (Å²) in [4.78, 5) is 21.6. The summed E-state index contributed by atoms with van der Waals surface area (Å²) in [6.07, 6.45) is 5.78. The lowest BCUT2D eigenvalue weighted by Crippen LogP contribution is -2.26. The fraction of sp³-hybridized carbons (Fsp3) is 0.238. The predicted octanol–water partition coefficient (Wildman–Crippen LogP) is 3.17. The van der Waals surface area contributed by atoms with Crippen LogP contribution in [0.5, 0.6) is 0 Å². The monoisotopic (exact) mass is 372 g/mol. The van der Waals surface area contributed by atoms with E-state index in [0.29, 0.717) is 13.0 Å². The van der Waals surface area contributed by atoms with Gasteiger partial charge < -0.3 is 9.88 Å². The maximum Gasteiger partial charge on any atom is 0.226 e. The van der Waals surface area contributed by atoms with Crippen LogP contribution in [-0.4, -0.2) is 30.2 Å². The van der Waals surface area contributed by atoms with E-state index in [0.717, 1.165) is 40.3 Å². The molecule has 0 saturated heterocycles. The summed E-state index contributed by atoms with van der Waals surface area (Å²) < 4.78 is 4.02. The molecule has 3 aromatic heterocycles. The van der Waals surface area contributed by atoms with E-state index < -0.39 is 0 Å². The Bertz CT molecular complexity index is 1160. The average Bonchev–Trinajstić information content (AvgIpc) is 3.29. The van der Waals surface area contributed by atoms with Crippen LogP contribution >= 0.6 is 0 Å². The Labute approximate surface area is 162 Å². The average molecular weight is 372 g/mol. The van der Waals surface area contributed by atoms with E-state index in [1.54, 1.807) is 6.20 Å². The topological polar surface area (TPSA) is 77.6 Å². The Morgan fingerprint density at radius 3 is 2.89 bits per heavy atom. The van der Waals surface area contributed by atoms with Gasteiger partial charge in [-0.05, 0) is 30.7 Å². The van der Waals surface area contributed by atoms with Gasteiger partial charge in [0.05, 0.1) is 29.7 Å². The van der Waals surface area contributed by atoms with E-state index in [9.17, 15) is 4.79 Å². The smallest absolute Gasteiger partial charge is 0.226 e. The number of carbonyl (C=O) groups excluding carboxylic acids is 1. The molecule has 1 atom stereocenters. The van der Waals surface area contributed by atoms with Crippen LogP contribution in [0.2, 0.25) is 0 Å². The third kappa shape index (κ3) is 2.67. The number of benzene rings is 1. The minimum atomic E-state index is -0.112. The molecule has 0 radical (unpaired) electrons. The largest absolute Gasteiger partial charge is 0.328 e. The van der Waals surface area contributed by atoms with Crippen molar-refractivity contribution in [3.8, 4) is 0 Å². The van der Waals surface area contributed by atoms with E-state index in [1.165, 1.54) is 0 Å². The van der Waals surface area contributed by atoms with Crippen molar-refractivity contribution in [1.82, 2.24) is 24.3 Å². The van der Waals surface area contributed by atoms with Gasteiger partial charge in [0.25, 0.3) is 0 Å². The number of para-hydroxylation sites is 2. The molecule has 0 spiro atoms. The van der Waals surface area contributed by atoms with Crippen molar-refractivity contribution in [3.63, 3.8) is 0 Å². The van der Waals surface area contributed by atoms with Crippen LogP contribution in [-0.2, 0) is 17.9 Å². The molecule has 4 heterocycles. The summed E-state index contributed by atoms with van der Waals surface area (Å²) in [6.45, 7) is 3.46. The van der Waals surface area contributed by atoms with Gasteiger partial charge in [-0.25, -0.2) is 9.67 Å². The third-order valence-electron chi connectivity index (χ3n) is 5.26. The van der Waals surface area contributed by atoms with E-state index >= 15 is 0 Å². The zero-order chi connectivity index (χ0) is 19.1. The molecule has 1 aliphatic rings. The van der Waals surface area contributed by atoms with Crippen molar-refractivity contribution >= 4 is 22.8 Å². The Morgan fingerprint density at radius 1 is 1.18 bits per heavy atom. The van der Waals surface area contributed by atoms with Crippen LogP contribution in [0.4, 0.5) is 5.82 Å². The van der Waals surface area contributed by atoms with Crippen molar-refractivity contribution in [2.45, 2.75) is 32.4 Å². The summed E-state index contributed by atoms with van der Waals surface area (Å²) in [5.74, 6) is 1.54. The Morgan fingerprint density at radius 2 is 2.07 bits per heavy atom. The van der Waals surface area contributed by atoms with Gasteiger partial charge in [-0.1, -0.05) is 18.2 Å². The lowest BCUT2D eigenvalue weighted by atomic mass is 9.93. The van der Waals surface area contributed by atoms with Crippen molar-refractivity contribution in [1.29, 1.82) is 0 Å². The highest BCUT2D eigenvalue weighted by molar-refractivity contribution is 5.94. The Balaban J connectivity index is 1.60. The van der Waals surface area contributed by atoms with E-state index in [4.69, 9.17) is 4.98 Å². The maximum absolute atomic E-state index is 12.5. The zero-order valence-corrected chi connectivity index (χ0v) is 15.5.